The van der Waals surface area contributed by atoms with Crippen LogP contribution in [0.15, 0.2) is 30.0 Å². The van der Waals surface area contributed by atoms with Crippen molar-refractivity contribution in [2.45, 2.75) is 31.8 Å². The van der Waals surface area contributed by atoms with Crippen LogP contribution in [-0.4, -0.2) is 51.9 Å². The van der Waals surface area contributed by atoms with Gasteiger partial charge >= 0.3 is 0 Å². The summed E-state index contributed by atoms with van der Waals surface area (Å²) in [6, 6.07) is 2.02. The molecule has 25 heavy (non-hydrogen) atoms. The predicted octanol–water partition coefficient (Wildman–Crippen LogP) is 2.80. The highest BCUT2D eigenvalue weighted by Gasteiger charge is 2.56. The maximum atomic E-state index is 13.8. The Morgan fingerprint density at radius 1 is 1.44 bits per heavy atom. The Kier molecular flexibility index (Phi) is 4.29. The molecule has 0 radical (unpaired) electrons. The molecule has 7 heteroatoms. The van der Waals surface area contributed by atoms with E-state index in [-0.39, 0.29) is 11.5 Å². The van der Waals surface area contributed by atoms with Gasteiger partial charge in [0.25, 0.3) is 5.91 Å². The van der Waals surface area contributed by atoms with Gasteiger partial charge in [-0.1, -0.05) is 0 Å². The molecule has 132 valence electrons. The fourth-order valence-electron chi connectivity index (χ4n) is 4.02. The summed E-state index contributed by atoms with van der Waals surface area (Å²) in [4.78, 5) is 24.8. The van der Waals surface area contributed by atoms with Crippen LogP contribution in [-0.2, 0) is 6.54 Å². The van der Waals surface area contributed by atoms with Gasteiger partial charge in [0.05, 0.1) is 18.3 Å². The van der Waals surface area contributed by atoms with Gasteiger partial charge in [0, 0.05) is 36.9 Å². The fraction of sp³-hybridized carbons (Fsp3) is 0.500. The van der Waals surface area contributed by atoms with Crippen LogP contribution in [0.25, 0.3) is 0 Å². The van der Waals surface area contributed by atoms with Crippen LogP contribution in [0.1, 0.15) is 34.6 Å². The minimum Gasteiger partial charge on any atom is -0.339 e. The lowest BCUT2D eigenvalue weighted by Crippen LogP contribution is -2.41. The number of pyridine rings is 1. The van der Waals surface area contributed by atoms with E-state index in [9.17, 15) is 9.18 Å². The summed E-state index contributed by atoms with van der Waals surface area (Å²) in [5, 5.41) is 3.15. The first-order valence-electron chi connectivity index (χ1n) is 8.56. The van der Waals surface area contributed by atoms with E-state index in [4.69, 9.17) is 0 Å². The van der Waals surface area contributed by atoms with Crippen molar-refractivity contribution in [3.05, 3.63) is 46.4 Å². The second-order valence-corrected chi connectivity index (χ2v) is 8.05. The van der Waals surface area contributed by atoms with E-state index in [2.05, 4.69) is 21.9 Å². The molecule has 0 bridgehead atoms. The largest absolute Gasteiger partial charge is 0.339 e. The van der Waals surface area contributed by atoms with Crippen molar-refractivity contribution >= 4 is 17.2 Å². The van der Waals surface area contributed by atoms with Gasteiger partial charge in [0.2, 0.25) is 0 Å². The molecule has 1 saturated carbocycles. The van der Waals surface area contributed by atoms with Gasteiger partial charge in [-0.2, -0.15) is 0 Å². The minimum absolute atomic E-state index is 0.124. The molecule has 2 aromatic heterocycles. The molecule has 0 N–H and O–H groups in total. The van der Waals surface area contributed by atoms with Gasteiger partial charge in [0.1, 0.15) is 5.01 Å². The third-order valence-corrected chi connectivity index (χ3v) is 6.36. The number of hydrogen-bond donors (Lipinski definition) is 0. The lowest BCUT2D eigenvalue weighted by Gasteiger charge is -2.34. The number of aromatic nitrogens is 2. The maximum Gasteiger partial charge on any atom is 0.256 e. The van der Waals surface area contributed by atoms with Crippen LogP contribution in [0.4, 0.5) is 4.39 Å². The quantitative estimate of drug-likeness (QED) is 0.841. The second-order valence-electron chi connectivity index (χ2n) is 7.07. The number of piperidine rings is 1. The zero-order valence-corrected chi connectivity index (χ0v) is 15.0. The Morgan fingerprint density at radius 2 is 2.24 bits per heavy atom. The molecular formula is C18H21FN4OS. The molecule has 1 amide bonds. The molecule has 2 fully saturated rings. The van der Waals surface area contributed by atoms with Crippen LogP contribution in [0.3, 0.4) is 0 Å². The van der Waals surface area contributed by atoms with Crippen LogP contribution < -0.4 is 0 Å². The molecule has 1 unspecified atom stereocenters. The molecule has 1 aliphatic carbocycles. The molecule has 5 nitrogen and oxygen atoms in total. The number of nitrogens with zero attached hydrogens (tertiary/aromatic N) is 4. The third kappa shape index (κ3) is 3.18. The standard InChI is InChI=1S/C18H21FN4OS/c1-22(12-16-21-6-9-25-16)15-10-18(15)3-7-23(8-4-18)17(24)13-2-5-20-11-14(13)19/h2,5-6,9,11,15H,3-4,7-8,10,12H2,1H3. The number of halogens is 1. The van der Waals surface area contributed by atoms with Gasteiger partial charge in [-0.3, -0.25) is 14.7 Å². The van der Waals surface area contributed by atoms with Crippen LogP contribution >= 0.6 is 11.3 Å². The zero-order chi connectivity index (χ0) is 17.4. The molecular weight excluding hydrogens is 339 g/mol. The van der Waals surface area contributed by atoms with Crippen molar-refractivity contribution in [1.82, 2.24) is 19.8 Å². The molecule has 1 aliphatic heterocycles. The van der Waals surface area contributed by atoms with Crippen molar-refractivity contribution in [3.63, 3.8) is 0 Å². The van der Waals surface area contributed by atoms with Crippen LogP contribution in [0, 0.1) is 11.2 Å². The summed E-state index contributed by atoms with van der Waals surface area (Å²) < 4.78 is 13.8. The van der Waals surface area contributed by atoms with Crippen molar-refractivity contribution in [2.24, 2.45) is 5.41 Å². The number of carbonyl (C=O) groups excluding carboxylic acids is 1. The molecule has 1 spiro atoms. The molecule has 1 atom stereocenters. The van der Waals surface area contributed by atoms with E-state index in [1.165, 1.54) is 18.7 Å². The second kappa shape index (κ2) is 6.46. The first-order valence-corrected chi connectivity index (χ1v) is 9.44. The Morgan fingerprint density at radius 3 is 2.92 bits per heavy atom. The molecule has 0 aromatic carbocycles. The number of hydrogen-bond acceptors (Lipinski definition) is 5. The van der Waals surface area contributed by atoms with E-state index in [0.717, 1.165) is 30.6 Å². The average molecular weight is 360 g/mol. The lowest BCUT2D eigenvalue weighted by molar-refractivity contribution is 0.0653. The summed E-state index contributed by atoms with van der Waals surface area (Å²) in [5.74, 6) is -0.761. The van der Waals surface area contributed by atoms with Gasteiger partial charge < -0.3 is 4.90 Å². The van der Waals surface area contributed by atoms with Crippen molar-refractivity contribution < 1.29 is 9.18 Å². The topological polar surface area (TPSA) is 49.3 Å². The van der Waals surface area contributed by atoms with E-state index in [0.29, 0.717) is 24.5 Å². The Balaban J connectivity index is 1.35. The normalized spacial score (nSPS) is 21.7. The average Bonchev–Trinajstić information content (AvgIpc) is 3.07. The number of carbonyl (C=O) groups is 1. The number of amides is 1. The summed E-state index contributed by atoms with van der Waals surface area (Å²) in [7, 11) is 2.16. The highest BCUT2D eigenvalue weighted by atomic mass is 32.1. The summed E-state index contributed by atoms with van der Waals surface area (Å²) in [5.41, 5.74) is 0.443. The Labute approximate surface area is 150 Å². The van der Waals surface area contributed by atoms with E-state index in [1.54, 1.807) is 16.2 Å². The smallest absolute Gasteiger partial charge is 0.256 e. The van der Waals surface area contributed by atoms with Gasteiger partial charge in [-0.05, 0) is 37.8 Å². The minimum atomic E-state index is -0.541. The molecule has 2 aromatic rings. The predicted molar refractivity (Wildman–Crippen MR) is 93.8 cm³/mol. The van der Waals surface area contributed by atoms with E-state index < -0.39 is 5.82 Å². The van der Waals surface area contributed by atoms with Crippen molar-refractivity contribution in [1.29, 1.82) is 0 Å². The van der Waals surface area contributed by atoms with E-state index >= 15 is 0 Å². The summed E-state index contributed by atoms with van der Waals surface area (Å²) >= 11 is 1.69. The monoisotopic (exact) mass is 360 g/mol. The SMILES string of the molecule is CN(Cc1nccs1)C1CC12CCN(C(=O)c1ccncc1F)CC2. The molecule has 2 aliphatic rings. The first kappa shape index (κ1) is 16.6. The van der Waals surface area contributed by atoms with Crippen LogP contribution in [0.5, 0.6) is 0 Å². The first-order chi connectivity index (χ1) is 12.1. The summed E-state index contributed by atoms with van der Waals surface area (Å²) in [6.07, 6.45) is 7.56. The van der Waals surface area contributed by atoms with E-state index in [1.807, 2.05) is 11.6 Å². The fourth-order valence-corrected chi connectivity index (χ4v) is 4.69. The van der Waals surface area contributed by atoms with Crippen LogP contribution in [0.2, 0.25) is 0 Å². The Hall–Kier alpha value is -1.86. The van der Waals surface area contributed by atoms with Crippen molar-refractivity contribution in [2.75, 3.05) is 20.1 Å². The Bertz CT molecular complexity index is 758. The molecule has 3 heterocycles. The maximum absolute atomic E-state index is 13.8. The number of thiazole rings is 1. The number of rotatable bonds is 4. The highest BCUT2D eigenvalue weighted by molar-refractivity contribution is 7.09. The van der Waals surface area contributed by atoms with Gasteiger partial charge in [-0.15, -0.1) is 11.3 Å². The lowest BCUT2D eigenvalue weighted by atomic mass is 9.92. The zero-order valence-electron chi connectivity index (χ0n) is 14.2. The van der Waals surface area contributed by atoms with Gasteiger partial charge in [0.15, 0.2) is 5.82 Å². The highest BCUT2D eigenvalue weighted by Crippen LogP contribution is 2.56. The number of likely N-dealkylation sites (tertiary alicyclic amines) is 1. The molecule has 1 saturated heterocycles. The van der Waals surface area contributed by atoms with Crippen molar-refractivity contribution in [3.8, 4) is 0 Å². The third-order valence-electron chi connectivity index (χ3n) is 5.60. The molecule has 4 rings (SSSR count). The summed E-state index contributed by atoms with van der Waals surface area (Å²) in [6.45, 7) is 2.28. The van der Waals surface area contributed by atoms with Gasteiger partial charge in [-0.25, -0.2) is 9.37 Å².